The summed E-state index contributed by atoms with van der Waals surface area (Å²) in [6.45, 7) is 5.80. The maximum atomic E-state index is 10.9. The van der Waals surface area contributed by atoms with Gasteiger partial charge in [0.25, 0.3) is 0 Å². The van der Waals surface area contributed by atoms with Crippen LogP contribution in [0.2, 0.25) is 0 Å². The largest absolute Gasteiger partial charge is 0.302 e. The molecule has 2 heteroatoms. The molecule has 1 nitrogen and oxygen atoms in total. The van der Waals surface area contributed by atoms with Gasteiger partial charge in [0.2, 0.25) is 0 Å². The van der Waals surface area contributed by atoms with Crippen LogP contribution in [-0.4, -0.2) is 16.8 Å². The Morgan fingerprint density at radius 2 is 2.45 bits per heavy atom. The lowest BCUT2D eigenvalue weighted by molar-refractivity contribution is -0.110. The highest BCUT2D eigenvalue weighted by molar-refractivity contribution is 8.01. The van der Waals surface area contributed by atoms with Crippen LogP contribution in [0, 0.1) is 5.92 Å². The van der Waals surface area contributed by atoms with Crippen LogP contribution in [0.25, 0.3) is 0 Å². The molecular formula is C9H14OS. The van der Waals surface area contributed by atoms with Gasteiger partial charge in [0.05, 0.1) is 4.75 Å². The number of rotatable bonds is 3. The molecule has 0 aliphatic carbocycles. The molecule has 0 radical (unpaired) electrons. The van der Waals surface area contributed by atoms with Gasteiger partial charge in [-0.3, -0.25) is 0 Å². The molecule has 1 rings (SSSR count). The average Bonchev–Trinajstić information content (AvgIpc) is 2.52. The Morgan fingerprint density at radius 3 is 2.82 bits per heavy atom. The van der Waals surface area contributed by atoms with Crippen molar-refractivity contribution in [2.45, 2.75) is 24.5 Å². The standard InChI is InChI=1S/C9H14OS/c1-3-8(2)9(7-10)5-4-6-11-9/h3,7-8H,1,4-6H2,2H3. The van der Waals surface area contributed by atoms with E-state index in [9.17, 15) is 4.79 Å². The van der Waals surface area contributed by atoms with Crippen molar-refractivity contribution in [1.82, 2.24) is 0 Å². The number of carbonyl (C=O) groups excluding carboxylic acids is 1. The van der Waals surface area contributed by atoms with Crippen LogP contribution in [0.3, 0.4) is 0 Å². The molecule has 1 fully saturated rings. The van der Waals surface area contributed by atoms with Crippen molar-refractivity contribution in [3.63, 3.8) is 0 Å². The van der Waals surface area contributed by atoms with E-state index in [0.717, 1.165) is 18.5 Å². The molecule has 0 aromatic rings. The molecule has 1 aliphatic heterocycles. The van der Waals surface area contributed by atoms with E-state index >= 15 is 0 Å². The predicted octanol–water partition coefficient (Wildman–Crippen LogP) is 2.27. The van der Waals surface area contributed by atoms with E-state index in [-0.39, 0.29) is 4.75 Å². The fourth-order valence-corrected chi connectivity index (χ4v) is 2.83. The first-order valence-electron chi connectivity index (χ1n) is 3.98. The Hall–Kier alpha value is -0.240. The second-order valence-electron chi connectivity index (χ2n) is 3.05. The van der Waals surface area contributed by atoms with Crippen LogP contribution < -0.4 is 0 Å². The number of aldehydes is 1. The molecule has 0 aromatic heterocycles. The molecule has 0 aromatic carbocycles. The minimum Gasteiger partial charge on any atom is -0.302 e. The Bertz CT molecular complexity index is 159. The number of hydrogen-bond donors (Lipinski definition) is 0. The summed E-state index contributed by atoms with van der Waals surface area (Å²) in [6, 6.07) is 0. The predicted molar refractivity (Wildman–Crippen MR) is 49.8 cm³/mol. The van der Waals surface area contributed by atoms with E-state index in [1.165, 1.54) is 6.42 Å². The molecule has 11 heavy (non-hydrogen) atoms. The first kappa shape index (κ1) is 8.85. The van der Waals surface area contributed by atoms with Crippen LogP contribution in [0.5, 0.6) is 0 Å². The van der Waals surface area contributed by atoms with Crippen molar-refractivity contribution in [1.29, 1.82) is 0 Å². The lowest BCUT2D eigenvalue weighted by atomic mass is 9.91. The van der Waals surface area contributed by atoms with Gasteiger partial charge in [0.1, 0.15) is 6.29 Å². The monoisotopic (exact) mass is 170 g/mol. The van der Waals surface area contributed by atoms with Crippen molar-refractivity contribution in [2.24, 2.45) is 5.92 Å². The van der Waals surface area contributed by atoms with Gasteiger partial charge in [-0.1, -0.05) is 13.0 Å². The van der Waals surface area contributed by atoms with Crippen LogP contribution in [0.4, 0.5) is 0 Å². The number of carbonyl (C=O) groups is 1. The normalized spacial score (nSPS) is 33.2. The highest BCUT2D eigenvalue weighted by Gasteiger charge is 2.38. The summed E-state index contributed by atoms with van der Waals surface area (Å²) in [5.74, 6) is 1.43. The van der Waals surface area contributed by atoms with Crippen molar-refractivity contribution in [3.8, 4) is 0 Å². The third kappa shape index (κ3) is 1.51. The number of hydrogen-bond acceptors (Lipinski definition) is 2. The van der Waals surface area contributed by atoms with Crippen molar-refractivity contribution < 1.29 is 4.79 Å². The molecule has 0 spiro atoms. The third-order valence-electron chi connectivity index (χ3n) is 2.41. The van der Waals surface area contributed by atoms with E-state index in [2.05, 4.69) is 13.5 Å². The van der Waals surface area contributed by atoms with Crippen molar-refractivity contribution in [2.75, 3.05) is 5.75 Å². The highest BCUT2D eigenvalue weighted by Crippen LogP contribution is 2.42. The van der Waals surface area contributed by atoms with Gasteiger partial charge in [-0.2, -0.15) is 0 Å². The summed E-state index contributed by atoms with van der Waals surface area (Å²) in [5, 5.41) is 0. The molecular weight excluding hydrogens is 156 g/mol. The Balaban J connectivity index is 2.73. The molecule has 62 valence electrons. The first-order valence-corrected chi connectivity index (χ1v) is 4.96. The van der Waals surface area contributed by atoms with E-state index < -0.39 is 0 Å². The van der Waals surface area contributed by atoms with E-state index in [1.807, 2.05) is 6.08 Å². The van der Waals surface area contributed by atoms with E-state index in [0.29, 0.717) is 5.92 Å². The van der Waals surface area contributed by atoms with Gasteiger partial charge in [0.15, 0.2) is 0 Å². The SMILES string of the molecule is C=CC(C)C1(C=O)CCCS1. The number of thioether (sulfide) groups is 1. The average molecular weight is 170 g/mol. The topological polar surface area (TPSA) is 17.1 Å². The van der Waals surface area contributed by atoms with Crippen LogP contribution in [0.15, 0.2) is 12.7 Å². The maximum Gasteiger partial charge on any atom is 0.136 e. The van der Waals surface area contributed by atoms with Gasteiger partial charge in [-0.25, -0.2) is 0 Å². The quantitative estimate of drug-likeness (QED) is 0.477. The Morgan fingerprint density at radius 1 is 1.73 bits per heavy atom. The van der Waals surface area contributed by atoms with Gasteiger partial charge in [-0.15, -0.1) is 18.3 Å². The number of allylic oxidation sites excluding steroid dienone is 1. The van der Waals surface area contributed by atoms with Gasteiger partial charge >= 0.3 is 0 Å². The summed E-state index contributed by atoms with van der Waals surface area (Å²) in [7, 11) is 0. The third-order valence-corrected chi connectivity index (χ3v) is 4.11. The molecule has 0 saturated carbocycles. The minimum atomic E-state index is -0.137. The van der Waals surface area contributed by atoms with E-state index in [4.69, 9.17) is 0 Å². The second kappa shape index (κ2) is 3.44. The van der Waals surface area contributed by atoms with Gasteiger partial charge < -0.3 is 4.79 Å². The molecule has 1 aliphatic rings. The molecule has 2 unspecified atom stereocenters. The summed E-state index contributed by atoms with van der Waals surface area (Å²) >= 11 is 1.78. The fraction of sp³-hybridized carbons (Fsp3) is 0.667. The summed E-state index contributed by atoms with van der Waals surface area (Å²) < 4.78 is -0.137. The first-order chi connectivity index (χ1) is 5.25. The lowest BCUT2D eigenvalue weighted by Gasteiger charge is -2.25. The lowest BCUT2D eigenvalue weighted by Crippen LogP contribution is -2.30. The fourth-order valence-electron chi connectivity index (χ4n) is 1.44. The van der Waals surface area contributed by atoms with Crippen molar-refractivity contribution >= 4 is 18.0 Å². The molecule has 1 saturated heterocycles. The maximum absolute atomic E-state index is 10.9. The zero-order valence-electron chi connectivity index (χ0n) is 6.88. The zero-order valence-corrected chi connectivity index (χ0v) is 7.69. The summed E-state index contributed by atoms with van der Waals surface area (Å²) in [5.41, 5.74) is 0. The molecule has 1 heterocycles. The minimum absolute atomic E-state index is 0.137. The Kier molecular flexibility index (Phi) is 2.77. The van der Waals surface area contributed by atoms with Gasteiger partial charge in [-0.05, 0) is 24.5 Å². The van der Waals surface area contributed by atoms with Gasteiger partial charge in [0, 0.05) is 0 Å². The smallest absolute Gasteiger partial charge is 0.136 e. The van der Waals surface area contributed by atoms with Crippen LogP contribution >= 0.6 is 11.8 Å². The van der Waals surface area contributed by atoms with Crippen molar-refractivity contribution in [3.05, 3.63) is 12.7 Å². The Labute approximate surface area is 72.2 Å². The van der Waals surface area contributed by atoms with Crippen LogP contribution in [0.1, 0.15) is 19.8 Å². The molecule has 0 amide bonds. The van der Waals surface area contributed by atoms with Crippen LogP contribution in [-0.2, 0) is 4.79 Å². The van der Waals surface area contributed by atoms with E-state index in [1.54, 1.807) is 11.8 Å². The molecule has 0 bridgehead atoms. The summed E-state index contributed by atoms with van der Waals surface area (Å²) in [4.78, 5) is 10.9. The molecule has 2 atom stereocenters. The second-order valence-corrected chi connectivity index (χ2v) is 4.51. The zero-order chi connectivity index (χ0) is 8.32. The molecule has 0 N–H and O–H groups in total. The highest BCUT2D eigenvalue weighted by atomic mass is 32.2. The summed E-state index contributed by atoms with van der Waals surface area (Å²) in [6.07, 6.45) is 5.18.